The van der Waals surface area contributed by atoms with Crippen LogP contribution in [-0.4, -0.2) is 25.7 Å². The topological polar surface area (TPSA) is 38.3 Å². The molecule has 1 aliphatic rings. The number of rotatable bonds is 2. The summed E-state index contributed by atoms with van der Waals surface area (Å²) in [6, 6.07) is 10.2. The van der Waals surface area contributed by atoms with Gasteiger partial charge in [-0.15, -0.1) is 0 Å². The minimum absolute atomic E-state index is 0.149. The second kappa shape index (κ2) is 5.12. The van der Waals surface area contributed by atoms with Crippen molar-refractivity contribution in [2.45, 2.75) is 24.8 Å². The normalized spacial score (nSPS) is 25.1. The minimum atomic E-state index is -0.152. The zero-order valence-corrected chi connectivity index (χ0v) is 9.48. The Morgan fingerprint density at radius 1 is 1.38 bits per heavy atom. The summed E-state index contributed by atoms with van der Waals surface area (Å²) < 4.78 is 4.77. The number of carbonyl (C=O) groups excluding carboxylic acids is 1. The lowest BCUT2D eigenvalue weighted by Crippen LogP contribution is -2.43. The van der Waals surface area contributed by atoms with Crippen molar-refractivity contribution in [1.29, 1.82) is 0 Å². The van der Waals surface area contributed by atoms with Gasteiger partial charge in [-0.2, -0.15) is 0 Å². The van der Waals surface area contributed by atoms with E-state index < -0.39 is 0 Å². The molecular formula is C13H17NO2. The number of methoxy groups -OCH3 is 1. The van der Waals surface area contributed by atoms with Crippen molar-refractivity contribution in [2.75, 3.05) is 13.7 Å². The Bertz CT molecular complexity index is 350. The largest absolute Gasteiger partial charge is 0.468 e. The molecule has 0 aromatic heterocycles. The molecule has 1 heterocycles. The summed E-state index contributed by atoms with van der Waals surface area (Å²) in [7, 11) is 1.44. The molecule has 1 fully saturated rings. The van der Waals surface area contributed by atoms with Crippen molar-refractivity contribution in [3.05, 3.63) is 35.9 Å². The molecule has 2 atom stereocenters. The van der Waals surface area contributed by atoms with Crippen LogP contribution in [0.2, 0.25) is 0 Å². The molecule has 0 bridgehead atoms. The molecule has 0 amide bonds. The first kappa shape index (κ1) is 11.1. The van der Waals surface area contributed by atoms with Gasteiger partial charge in [-0.05, 0) is 30.9 Å². The van der Waals surface area contributed by atoms with Crippen LogP contribution < -0.4 is 5.32 Å². The first-order valence-electron chi connectivity index (χ1n) is 5.67. The third kappa shape index (κ3) is 2.42. The van der Waals surface area contributed by atoms with Crippen LogP contribution in [0.1, 0.15) is 24.3 Å². The average Bonchev–Trinajstić information content (AvgIpc) is 2.39. The van der Waals surface area contributed by atoms with Crippen molar-refractivity contribution in [2.24, 2.45) is 0 Å². The van der Waals surface area contributed by atoms with Gasteiger partial charge in [0, 0.05) is 0 Å². The van der Waals surface area contributed by atoms with Crippen molar-refractivity contribution in [3.8, 4) is 0 Å². The quantitative estimate of drug-likeness (QED) is 0.769. The van der Waals surface area contributed by atoms with E-state index in [4.69, 9.17) is 4.74 Å². The van der Waals surface area contributed by atoms with Crippen molar-refractivity contribution < 1.29 is 9.53 Å². The first-order chi connectivity index (χ1) is 7.81. The molecule has 0 radical (unpaired) electrons. The first-order valence-corrected chi connectivity index (χ1v) is 5.67. The predicted molar refractivity (Wildman–Crippen MR) is 62.2 cm³/mol. The number of hydrogen-bond acceptors (Lipinski definition) is 3. The van der Waals surface area contributed by atoms with Gasteiger partial charge in [0.2, 0.25) is 0 Å². The SMILES string of the molecule is COC(=O)[C@@H]1C[C@@H](c2ccccc2)CCN1. The summed E-state index contributed by atoms with van der Waals surface area (Å²) in [5.41, 5.74) is 1.32. The number of piperidine rings is 1. The van der Waals surface area contributed by atoms with Gasteiger partial charge in [0.1, 0.15) is 6.04 Å². The number of nitrogens with one attached hydrogen (secondary N) is 1. The van der Waals surface area contributed by atoms with Crippen LogP contribution in [0.3, 0.4) is 0 Å². The van der Waals surface area contributed by atoms with Gasteiger partial charge >= 0.3 is 5.97 Å². The molecule has 2 rings (SSSR count). The van der Waals surface area contributed by atoms with Crippen molar-refractivity contribution in [3.63, 3.8) is 0 Å². The Balaban J connectivity index is 2.05. The zero-order valence-electron chi connectivity index (χ0n) is 9.48. The number of hydrogen-bond donors (Lipinski definition) is 1. The van der Waals surface area contributed by atoms with Crippen LogP contribution in [-0.2, 0) is 9.53 Å². The molecule has 0 spiro atoms. The molecule has 3 heteroatoms. The summed E-state index contributed by atoms with van der Waals surface area (Å²) in [5.74, 6) is 0.312. The lowest BCUT2D eigenvalue weighted by molar-refractivity contribution is -0.143. The molecule has 0 saturated carbocycles. The van der Waals surface area contributed by atoms with Gasteiger partial charge in [-0.25, -0.2) is 0 Å². The van der Waals surface area contributed by atoms with Gasteiger partial charge in [0.15, 0.2) is 0 Å². The number of carbonyl (C=O) groups is 1. The van der Waals surface area contributed by atoms with Gasteiger partial charge in [-0.1, -0.05) is 30.3 Å². The minimum Gasteiger partial charge on any atom is -0.468 e. The molecule has 1 aromatic rings. The third-order valence-corrected chi connectivity index (χ3v) is 3.16. The Morgan fingerprint density at radius 3 is 2.81 bits per heavy atom. The fourth-order valence-electron chi connectivity index (χ4n) is 2.27. The summed E-state index contributed by atoms with van der Waals surface area (Å²) in [6.45, 7) is 0.874. The standard InChI is InChI=1S/C13H17NO2/c1-16-13(15)12-9-11(7-8-14-12)10-5-3-2-4-6-10/h2-6,11-12,14H,7-9H2,1H3/t11-,12-/m0/s1. The van der Waals surface area contributed by atoms with Gasteiger partial charge in [0.05, 0.1) is 7.11 Å². The maximum Gasteiger partial charge on any atom is 0.322 e. The Hall–Kier alpha value is -1.35. The predicted octanol–water partition coefficient (Wildman–Crippen LogP) is 1.70. The summed E-state index contributed by atoms with van der Waals surface area (Å²) in [6.07, 6.45) is 1.91. The second-order valence-corrected chi connectivity index (χ2v) is 4.16. The molecule has 1 aromatic carbocycles. The van der Waals surface area contributed by atoms with E-state index in [2.05, 4.69) is 17.4 Å². The smallest absolute Gasteiger partial charge is 0.322 e. The Morgan fingerprint density at radius 2 is 2.12 bits per heavy atom. The highest BCUT2D eigenvalue weighted by molar-refractivity contribution is 5.75. The van der Waals surface area contributed by atoms with Crippen LogP contribution in [0.4, 0.5) is 0 Å². The van der Waals surface area contributed by atoms with E-state index in [1.807, 2.05) is 18.2 Å². The fraction of sp³-hybridized carbons (Fsp3) is 0.462. The van der Waals surface area contributed by atoms with E-state index in [-0.39, 0.29) is 12.0 Å². The monoisotopic (exact) mass is 219 g/mol. The maximum atomic E-state index is 11.5. The van der Waals surface area contributed by atoms with Crippen LogP contribution in [0.25, 0.3) is 0 Å². The van der Waals surface area contributed by atoms with E-state index in [0.29, 0.717) is 5.92 Å². The Labute approximate surface area is 95.8 Å². The molecule has 0 aliphatic carbocycles. The summed E-state index contributed by atoms with van der Waals surface area (Å²) in [5, 5.41) is 3.19. The van der Waals surface area contributed by atoms with E-state index in [1.165, 1.54) is 12.7 Å². The fourth-order valence-corrected chi connectivity index (χ4v) is 2.27. The molecule has 86 valence electrons. The number of esters is 1. The zero-order chi connectivity index (χ0) is 11.4. The van der Waals surface area contributed by atoms with E-state index >= 15 is 0 Å². The second-order valence-electron chi connectivity index (χ2n) is 4.16. The molecule has 16 heavy (non-hydrogen) atoms. The van der Waals surface area contributed by atoms with Crippen LogP contribution in [0, 0.1) is 0 Å². The van der Waals surface area contributed by atoms with E-state index in [1.54, 1.807) is 0 Å². The van der Waals surface area contributed by atoms with E-state index in [0.717, 1.165) is 19.4 Å². The maximum absolute atomic E-state index is 11.5. The third-order valence-electron chi connectivity index (χ3n) is 3.16. The van der Waals surface area contributed by atoms with Crippen molar-refractivity contribution in [1.82, 2.24) is 5.32 Å². The molecule has 0 unspecified atom stereocenters. The highest BCUT2D eigenvalue weighted by atomic mass is 16.5. The molecule has 1 N–H and O–H groups in total. The van der Waals surface area contributed by atoms with Gasteiger partial charge in [-0.3, -0.25) is 4.79 Å². The highest BCUT2D eigenvalue weighted by Crippen LogP contribution is 2.27. The summed E-state index contributed by atoms with van der Waals surface area (Å²) in [4.78, 5) is 11.5. The molecule has 1 saturated heterocycles. The molecule has 3 nitrogen and oxygen atoms in total. The highest BCUT2D eigenvalue weighted by Gasteiger charge is 2.27. The summed E-state index contributed by atoms with van der Waals surface area (Å²) >= 11 is 0. The van der Waals surface area contributed by atoms with Gasteiger partial charge < -0.3 is 10.1 Å². The molecule has 1 aliphatic heterocycles. The van der Waals surface area contributed by atoms with Crippen LogP contribution in [0.5, 0.6) is 0 Å². The lowest BCUT2D eigenvalue weighted by Gasteiger charge is -2.28. The molecular weight excluding hydrogens is 202 g/mol. The number of benzene rings is 1. The van der Waals surface area contributed by atoms with Crippen LogP contribution in [0.15, 0.2) is 30.3 Å². The lowest BCUT2D eigenvalue weighted by atomic mass is 9.86. The van der Waals surface area contributed by atoms with E-state index in [9.17, 15) is 4.79 Å². The number of ether oxygens (including phenoxy) is 1. The van der Waals surface area contributed by atoms with Crippen LogP contribution >= 0.6 is 0 Å². The Kier molecular flexibility index (Phi) is 3.57. The van der Waals surface area contributed by atoms with Crippen molar-refractivity contribution >= 4 is 5.97 Å². The average molecular weight is 219 g/mol. The van der Waals surface area contributed by atoms with Gasteiger partial charge in [0.25, 0.3) is 0 Å².